The van der Waals surface area contributed by atoms with Crippen molar-refractivity contribution in [1.82, 2.24) is 14.6 Å². The van der Waals surface area contributed by atoms with E-state index in [0.29, 0.717) is 12.0 Å². The summed E-state index contributed by atoms with van der Waals surface area (Å²) in [4.78, 5) is 15.6. The Morgan fingerprint density at radius 1 is 1.35 bits per heavy atom. The van der Waals surface area contributed by atoms with E-state index < -0.39 is 0 Å². The number of carbonyl (C=O) groups excluding carboxylic acids is 1. The molecule has 2 aromatic rings. The maximum atomic E-state index is 11.1. The van der Waals surface area contributed by atoms with Crippen molar-refractivity contribution in [3.8, 4) is 0 Å². The topological polar surface area (TPSA) is 85.3 Å². The Morgan fingerprint density at radius 2 is 2.10 bits per heavy atom. The number of halogens is 1. The van der Waals surface area contributed by atoms with E-state index in [-0.39, 0.29) is 11.8 Å². The van der Waals surface area contributed by atoms with Crippen LogP contribution in [-0.2, 0) is 4.79 Å². The molecule has 0 spiro atoms. The predicted octanol–water partition coefficient (Wildman–Crippen LogP) is 1.95. The molecule has 2 heterocycles. The first kappa shape index (κ1) is 13.4. The number of anilines is 1. The summed E-state index contributed by atoms with van der Waals surface area (Å²) >= 11 is 3.41. The molecule has 1 amide bonds. The van der Waals surface area contributed by atoms with Gasteiger partial charge in [0.1, 0.15) is 0 Å². The van der Waals surface area contributed by atoms with E-state index in [1.54, 1.807) is 4.52 Å². The lowest BCUT2D eigenvalue weighted by molar-refractivity contribution is -0.122. The zero-order chi connectivity index (χ0) is 14.1. The van der Waals surface area contributed by atoms with Crippen molar-refractivity contribution in [2.45, 2.75) is 31.7 Å². The van der Waals surface area contributed by atoms with Gasteiger partial charge in [-0.15, -0.1) is 5.10 Å². The van der Waals surface area contributed by atoms with Crippen LogP contribution in [0.4, 0.5) is 5.95 Å². The quantitative estimate of drug-likeness (QED) is 0.896. The Balaban J connectivity index is 1.66. The van der Waals surface area contributed by atoms with Crippen LogP contribution in [0.1, 0.15) is 25.7 Å². The molecule has 0 saturated heterocycles. The predicted molar refractivity (Wildman–Crippen MR) is 79.3 cm³/mol. The molecular formula is C13H16BrN5O. The zero-order valence-corrected chi connectivity index (χ0v) is 12.5. The van der Waals surface area contributed by atoms with E-state index in [1.807, 2.05) is 18.3 Å². The molecule has 20 heavy (non-hydrogen) atoms. The van der Waals surface area contributed by atoms with Crippen molar-refractivity contribution in [2.24, 2.45) is 11.7 Å². The van der Waals surface area contributed by atoms with Gasteiger partial charge in [-0.25, -0.2) is 4.52 Å². The Morgan fingerprint density at radius 3 is 2.80 bits per heavy atom. The summed E-state index contributed by atoms with van der Waals surface area (Å²) in [6, 6.07) is 4.16. The van der Waals surface area contributed by atoms with Crippen LogP contribution in [0.2, 0.25) is 0 Å². The number of amides is 1. The van der Waals surface area contributed by atoms with E-state index in [1.165, 1.54) is 0 Å². The minimum Gasteiger partial charge on any atom is -0.369 e. The molecule has 0 unspecified atom stereocenters. The van der Waals surface area contributed by atoms with Gasteiger partial charge < -0.3 is 11.1 Å². The van der Waals surface area contributed by atoms with Gasteiger partial charge in [-0.3, -0.25) is 4.79 Å². The van der Waals surface area contributed by atoms with Crippen molar-refractivity contribution in [3.05, 3.63) is 22.8 Å². The number of pyridine rings is 1. The van der Waals surface area contributed by atoms with Crippen LogP contribution < -0.4 is 11.1 Å². The summed E-state index contributed by atoms with van der Waals surface area (Å²) in [6.45, 7) is 0. The number of aromatic nitrogens is 3. The minimum absolute atomic E-state index is 0.0260. The summed E-state index contributed by atoms with van der Waals surface area (Å²) < 4.78 is 2.70. The second kappa shape index (κ2) is 5.40. The highest BCUT2D eigenvalue weighted by Crippen LogP contribution is 2.25. The first-order chi connectivity index (χ1) is 9.61. The molecule has 3 N–H and O–H groups in total. The smallest absolute Gasteiger partial charge is 0.243 e. The molecule has 0 radical (unpaired) electrons. The SMILES string of the molecule is NC(=O)C1CCC(Nc2nc3ccc(Br)cn3n2)CC1. The fraction of sp³-hybridized carbons (Fsp3) is 0.462. The number of rotatable bonds is 3. The molecule has 0 aliphatic heterocycles. The summed E-state index contributed by atoms with van der Waals surface area (Å²) in [6.07, 6.45) is 5.40. The molecule has 0 atom stereocenters. The highest BCUT2D eigenvalue weighted by atomic mass is 79.9. The maximum Gasteiger partial charge on any atom is 0.243 e. The lowest BCUT2D eigenvalue weighted by Crippen LogP contribution is -2.32. The number of nitrogens with zero attached hydrogens (tertiary/aromatic N) is 3. The number of nitrogens with one attached hydrogen (secondary N) is 1. The Kier molecular flexibility index (Phi) is 3.60. The van der Waals surface area contributed by atoms with E-state index in [2.05, 4.69) is 31.3 Å². The third-order valence-electron chi connectivity index (χ3n) is 3.76. The van der Waals surface area contributed by atoms with Gasteiger partial charge in [-0.05, 0) is 53.7 Å². The van der Waals surface area contributed by atoms with Gasteiger partial charge in [0.15, 0.2) is 5.65 Å². The molecule has 1 saturated carbocycles. The molecule has 1 aliphatic rings. The summed E-state index contributed by atoms with van der Waals surface area (Å²) in [5, 5.41) is 7.73. The third kappa shape index (κ3) is 2.77. The van der Waals surface area contributed by atoms with Gasteiger partial charge in [0.25, 0.3) is 0 Å². The van der Waals surface area contributed by atoms with Crippen molar-refractivity contribution in [1.29, 1.82) is 0 Å². The van der Waals surface area contributed by atoms with Crippen LogP contribution in [-0.4, -0.2) is 26.5 Å². The highest BCUT2D eigenvalue weighted by molar-refractivity contribution is 9.10. The second-order valence-corrected chi connectivity index (χ2v) is 6.10. The van der Waals surface area contributed by atoms with Crippen molar-refractivity contribution >= 4 is 33.4 Å². The molecule has 3 rings (SSSR count). The molecule has 106 valence electrons. The lowest BCUT2D eigenvalue weighted by atomic mass is 9.86. The Bertz CT molecular complexity index is 633. The zero-order valence-electron chi connectivity index (χ0n) is 10.9. The number of hydrogen-bond donors (Lipinski definition) is 2. The number of carbonyl (C=O) groups is 1. The van der Waals surface area contributed by atoms with Gasteiger partial charge in [0.2, 0.25) is 11.9 Å². The van der Waals surface area contributed by atoms with Crippen molar-refractivity contribution < 1.29 is 4.79 Å². The summed E-state index contributed by atoms with van der Waals surface area (Å²) in [5.41, 5.74) is 6.15. The van der Waals surface area contributed by atoms with Crippen LogP contribution in [0.5, 0.6) is 0 Å². The van der Waals surface area contributed by atoms with Gasteiger partial charge in [0.05, 0.1) is 0 Å². The molecule has 6 nitrogen and oxygen atoms in total. The first-order valence-corrected chi connectivity index (χ1v) is 7.49. The highest BCUT2D eigenvalue weighted by Gasteiger charge is 2.25. The first-order valence-electron chi connectivity index (χ1n) is 6.69. The standard InChI is InChI=1S/C13H16BrN5O/c14-9-3-6-11-17-13(18-19(11)7-9)16-10-4-1-8(2-5-10)12(15)20/h3,6-8,10H,1-2,4-5H2,(H2,15,20)(H,16,18). The fourth-order valence-corrected chi connectivity index (χ4v) is 2.95. The third-order valence-corrected chi connectivity index (χ3v) is 4.23. The van der Waals surface area contributed by atoms with E-state index in [4.69, 9.17) is 5.73 Å². The summed E-state index contributed by atoms with van der Waals surface area (Å²) in [5.74, 6) is 0.475. The largest absolute Gasteiger partial charge is 0.369 e. The normalized spacial score (nSPS) is 22.9. The number of fused-ring (bicyclic) bond motifs is 1. The molecule has 7 heteroatoms. The molecule has 1 aliphatic carbocycles. The number of hydrogen-bond acceptors (Lipinski definition) is 4. The van der Waals surface area contributed by atoms with Crippen LogP contribution in [0.3, 0.4) is 0 Å². The average Bonchev–Trinajstić information content (AvgIpc) is 2.80. The summed E-state index contributed by atoms with van der Waals surface area (Å²) in [7, 11) is 0. The molecule has 1 fully saturated rings. The van der Waals surface area contributed by atoms with E-state index in [9.17, 15) is 4.79 Å². The average molecular weight is 338 g/mol. The molecular weight excluding hydrogens is 322 g/mol. The van der Waals surface area contributed by atoms with Crippen molar-refractivity contribution in [3.63, 3.8) is 0 Å². The maximum absolute atomic E-state index is 11.1. The number of nitrogens with two attached hydrogens (primary N) is 1. The van der Waals surface area contributed by atoms with Crippen LogP contribution >= 0.6 is 15.9 Å². The van der Waals surface area contributed by atoms with Crippen LogP contribution in [0.25, 0.3) is 5.65 Å². The van der Waals surface area contributed by atoms with Gasteiger partial charge in [-0.1, -0.05) is 0 Å². The monoisotopic (exact) mass is 337 g/mol. The van der Waals surface area contributed by atoms with Crippen LogP contribution in [0.15, 0.2) is 22.8 Å². The van der Waals surface area contributed by atoms with Gasteiger partial charge in [0, 0.05) is 22.6 Å². The number of primary amides is 1. The molecule has 2 aromatic heterocycles. The van der Waals surface area contributed by atoms with Crippen LogP contribution in [0, 0.1) is 5.92 Å². The lowest BCUT2D eigenvalue weighted by Gasteiger charge is -2.26. The Labute approximate surface area is 124 Å². The fourth-order valence-electron chi connectivity index (χ4n) is 2.62. The van der Waals surface area contributed by atoms with E-state index >= 15 is 0 Å². The van der Waals surface area contributed by atoms with Crippen molar-refractivity contribution in [2.75, 3.05) is 5.32 Å². The molecule has 0 bridgehead atoms. The van der Waals surface area contributed by atoms with Gasteiger partial charge >= 0.3 is 0 Å². The minimum atomic E-state index is -0.181. The Hall–Kier alpha value is -1.63. The van der Waals surface area contributed by atoms with Gasteiger partial charge in [-0.2, -0.15) is 4.98 Å². The van der Waals surface area contributed by atoms with E-state index in [0.717, 1.165) is 35.8 Å². The molecule has 0 aromatic carbocycles. The second-order valence-electron chi connectivity index (χ2n) is 5.18.